The van der Waals surface area contributed by atoms with E-state index in [0.29, 0.717) is 18.9 Å². The van der Waals surface area contributed by atoms with Gasteiger partial charge in [-0.3, -0.25) is 9.79 Å². The summed E-state index contributed by atoms with van der Waals surface area (Å²) >= 11 is 0. The van der Waals surface area contributed by atoms with E-state index in [1.807, 2.05) is 23.1 Å². The van der Waals surface area contributed by atoms with Gasteiger partial charge in [0.05, 0.1) is 0 Å². The van der Waals surface area contributed by atoms with Crippen LogP contribution in [0.25, 0.3) is 0 Å². The van der Waals surface area contributed by atoms with Crippen molar-refractivity contribution in [1.29, 1.82) is 0 Å². The first-order chi connectivity index (χ1) is 11.7. The molecule has 2 N–H and O–H groups in total. The molecule has 0 bridgehead atoms. The zero-order valence-electron chi connectivity index (χ0n) is 15.3. The summed E-state index contributed by atoms with van der Waals surface area (Å²) in [7, 11) is 0. The molecule has 140 valence electrons. The van der Waals surface area contributed by atoms with E-state index in [-0.39, 0.29) is 29.9 Å². The first-order valence-corrected chi connectivity index (χ1v) is 9.06. The summed E-state index contributed by atoms with van der Waals surface area (Å²) in [5.41, 5.74) is 1.28. The van der Waals surface area contributed by atoms with Crippen molar-refractivity contribution in [2.75, 3.05) is 32.7 Å². The lowest BCUT2D eigenvalue weighted by Crippen LogP contribution is -2.38. The molecule has 1 aromatic rings. The molecule has 1 saturated heterocycles. The molecule has 1 aliphatic rings. The van der Waals surface area contributed by atoms with Gasteiger partial charge in [0.15, 0.2) is 5.96 Å². The quantitative estimate of drug-likeness (QED) is 0.358. The number of amides is 1. The number of hydrogen-bond acceptors (Lipinski definition) is 2. The lowest BCUT2D eigenvalue weighted by molar-refractivity contribution is -0.127. The molecule has 1 aromatic carbocycles. The smallest absolute Gasteiger partial charge is 0.223 e. The Bertz CT molecular complexity index is 535. The van der Waals surface area contributed by atoms with Crippen LogP contribution in [-0.2, 0) is 11.2 Å². The average Bonchev–Trinajstić information content (AvgIpc) is 2.96. The van der Waals surface area contributed by atoms with Crippen molar-refractivity contribution in [3.8, 4) is 0 Å². The van der Waals surface area contributed by atoms with E-state index in [9.17, 15) is 4.79 Å². The van der Waals surface area contributed by atoms with Crippen molar-refractivity contribution < 1.29 is 4.79 Å². The molecule has 0 radical (unpaired) electrons. The van der Waals surface area contributed by atoms with Gasteiger partial charge in [-0.15, -0.1) is 24.0 Å². The first kappa shape index (κ1) is 21.7. The van der Waals surface area contributed by atoms with Gasteiger partial charge in [-0.05, 0) is 25.3 Å². The van der Waals surface area contributed by atoms with Gasteiger partial charge in [-0.1, -0.05) is 37.3 Å². The molecule has 6 heteroatoms. The summed E-state index contributed by atoms with van der Waals surface area (Å²) in [6, 6.07) is 10.3. The van der Waals surface area contributed by atoms with E-state index in [0.717, 1.165) is 45.0 Å². The molecule has 1 aliphatic heterocycles. The van der Waals surface area contributed by atoms with Crippen LogP contribution in [0.5, 0.6) is 0 Å². The Labute approximate surface area is 168 Å². The second-order valence-electron chi connectivity index (χ2n) is 6.29. The lowest BCUT2D eigenvalue weighted by atomic mass is 10.1. The number of likely N-dealkylation sites (tertiary alicyclic amines) is 1. The van der Waals surface area contributed by atoms with Crippen molar-refractivity contribution in [3.63, 3.8) is 0 Å². The lowest BCUT2D eigenvalue weighted by Gasteiger charge is -2.16. The third-order valence-electron chi connectivity index (χ3n) is 4.20. The molecular formula is C19H31IN4O. The van der Waals surface area contributed by atoms with Crippen LogP contribution in [0.15, 0.2) is 35.3 Å². The van der Waals surface area contributed by atoms with E-state index >= 15 is 0 Å². The Morgan fingerprint density at radius 2 is 2.00 bits per heavy atom. The van der Waals surface area contributed by atoms with Crippen molar-refractivity contribution in [3.05, 3.63) is 35.9 Å². The van der Waals surface area contributed by atoms with Crippen LogP contribution in [0.1, 0.15) is 32.3 Å². The summed E-state index contributed by atoms with van der Waals surface area (Å²) in [5.74, 6) is 1.44. The number of rotatable bonds is 8. The fourth-order valence-corrected chi connectivity index (χ4v) is 2.91. The van der Waals surface area contributed by atoms with Gasteiger partial charge < -0.3 is 15.5 Å². The highest BCUT2D eigenvalue weighted by molar-refractivity contribution is 14.0. The Morgan fingerprint density at radius 3 is 2.68 bits per heavy atom. The van der Waals surface area contributed by atoms with Gasteiger partial charge in [0.2, 0.25) is 5.91 Å². The van der Waals surface area contributed by atoms with Crippen LogP contribution in [0, 0.1) is 5.92 Å². The minimum Gasteiger partial charge on any atom is -0.357 e. The Balaban J connectivity index is 0.00000312. The molecule has 0 spiro atoms. The maximum Gasteiger partial charge on any atom is 0.223 e. The highest BCUT2D eigenvalue weighted by Crippen LogP contribution is 2.18. The van der Waals surface area contributed by atoms with Gasteiger partial charge in [0.1, 0.15) is 0 Å². The standard InChI is InChI=1S/C19H30N4O.HI/c1-3-11-21-19(20-4-2)22-14-17-13-18(24)23(15-17)12-10-16-8-6-5-7-9-16;/h5-9,17H,3-4,10-15H2,1-2H3,(H2,20,21,22);1H. The van der Waals surface area contributed by atoms with Crippen molar-refractivity contribution in [1.82, 2.24) is 15.5 Å². The van der Waals surface area contributed by atoms with Crippen molar-refractivity contribution in [2.24, 2.45) is 10.9 Å². The van der Waals surface area contributed by atoms with Gasteiger partial charge in [-0.2, -0.15) is 0 Å². The zero-order chi connectivity index (χ0) is 17.2. The number of nitrogens with one attached hydrogen (secondary N) is 2. The highest BCUT2D eigenvalue weighted by Gasteiger charge is 2.28. The van der Waals surface area contributed by atoms with E-state index in [1.54, 1.807) is 0 Å². The maximum atomic E-state index is 12.2. The number of guanidine groups is 1. The molecule has 0 aliphatic carbocycles. The Hall–Kier alpha value is -1.31. The number of carbonyl (C=O) groups excluding carboxylic acids is 1. The summed E-state index contributed by atoms with van der Waals surface area (Å²) < 4.78 is 0. The number of nitrogens with zero attached hydrogens (tertiary/aromatic N) is 2. The number of aliphatic imine (C=N–C) groups is 1. The van der Waals surface area contributed by atoms with Gasteiger partial charge in [0, 0.05) is 45.1 Å². The molecule has 1 heterocycles. The van der Waals surface area contributed by atoms with E-state index in [1.165, 1.54) is 5.56 Å². The second kappa shape index (κ2) is 12.1. The minimum absolute atomic E-state index is 0. The Morgan fingerprint density at radius 1 is 1.24 bits per heavy atom. The third-order valence-corrected chi connectivity index (χ3v) is 4.20. The summed E-state index contributed by atoms with van der Waals surface area (Å²) in [6.45, 7) is 8.29. The highest BCUT2D eigenvalue weighted by atomic mass is 127. The zero-order valence-corrected chi connectivity index (χ0v) is 17.7. The molecule has 1 unspecified atom stereocenters. The van der Waals surface area contributed by atoms with Gasteiger partial charge >= 0.3 is 0 Å². The largest absolute Gasteiger partial charge is 0.357 e. The maximum absolute atomic E-state index is 12.2. The molecule has 0 saturated carbocycles. The first-order valence-electron chi connectivity index (χ1n) is 9.06. The predicted octanol–water partition coefficient (Wildman–Crippen LogP) is 2.66. The minimum atomic E-state index is 0. The van der Waals surface area contributed by atoms with E-state index in [4.69, 9.17) is 0 Å². The predicted molar refractivity (Wildman–Crippen MR) is 115 cm³/mol. The van der Waals surface area contributed by atoms with Crippen LogP contribution < -0.4 is 10.6 Å². The van der Waals surface area contributed by atoms with E-state index in [2.05, 4.69) is 41.6 Å². The third kappa shape index (κ3) is 7.63. The van der Waals surface area contributed by atoms with Crippen LogP contribution in [-0.4, -0.2) is 49.5 Å². The van der Waals surface area contributed by atoms with Gasteiger partial charge in [0.25, 0.3) is 0 Å². The number of carbonyl (C=O) groups is 1. The summed E-state index contributed by atoms with van der Waals surface area (Å²) in [4.78, 5) is 18.8. The van der Waals surface area contributed by atoms with Crippen molar-refractivity contribution in [2.45, 2.75) is 33.1 Å². The summed E-state index contributed by atoms with van der Waals surface area (Å²) in [6.07, 6.45) is 2.61. The fraction of sp³-hybridized carbons (Fsp3) is 0.579. The molecular weight excluding hydrogens is 427 g/mol. The SMILES string of the molecule is CCCNC(=NCC1CC(=O)N(CCc2ccccc2)C1)NCC.I. The topological polar surface area (TPSA) is 56.7 Å². The number of benzene rings is 1. The monoisotopic (exact) mass is 458 g/mol. The van der Waals surface area contributed by atoms with Gasteiger partial charge in [-0.25, -0.2) is 0 Å². The van der Waals surface area contributed by atoms with Crippen LogP contribution in [0.3, 0.4) is 0 Å². The molecule has 1 amide bonds. The molecule has 2 rings (SSSR count). The van der Waals surface area contributed by atoms with Crippen LogP contribution in [0.2, 0.25) is 0 Å². The summed E-state index contributed by atoms with van der Waals surface area (Å²) in [5, 5.41) is 6.55. The molecule has 1 fully saturated rings. The van der Waals surface area contributed by atoms with Crippen LogP contribution in [0.4, 0.5) is 0 Å². The number of hydrogen-bond donors (Lipinski definition) is 2. The van der Waals surface area contributed by atoms with E-state index < -0.39 is 0 Å². The molecule has 0 aromatic heterocycles. The molecule has 1 atom stereocenters. The van der Waals surface area contributed by atoms with Crippen molar-refractivity contribution >= 4 is 35.8 Å². The number of halogens is 1. The molecule has 25 heavy (non-hydrogen) atoms. The average molecular weight is 458 g/mol. The fourth-order valence-electron chi connectivity index (χ4n) is 2.91. The van der Waals surface area contributed by atoms with Crippen LogP contribution >= 0.6 is 24.0 Å². The Kier molecular flexibility index (Phi) is 10.5. The normalized spacial score (nSPS) is 17.4. The molecule has 5 nitrogen and oxygen atoms in total. The second-order valence-corrected chi connectivity index (χ2v) is 6.29.